The highest BCUT2D eigenvalue weighted by atomic mass is 14.6. The molecule has 0 spiro atoms. The van der Waals surface area contributed by atoms with Crippen LogP contribution in [0.25, 0.3) is 0 Å². The molecule has 1 unspecified atom stereocenters. The minimum Gasteiger partial charge on any atom is -0.324 e. The zero-order valence-corrected chi connectivity index (χ0v) is 11.6. The molecule has 1 rings (SSSR count). The molecule has 1 heteroatoms. The highest BCUT2D eigenvalue weighted by Gasteiger charge is 2.06. The van der Waals surface area contributed by atoms with Crippen LogP contribution in [0.5, 0.6) is 0 Å². The molecule has 0 heterocycles. The van der Waals surface area contributed by atoms with E-state index in [4.69, 9.17) is 5.73 Å². The summed E-state index contributed by atoms with van der Waals surface area (Å²) in [6.45, 7) is 6.56. The maximum Gasteiger partial charge on any atom is 0.0294 e. The summed E-state index contributed by atoms with van der Waals surface area (Å²) in [6, 6.07) is 6.82. The van der Waals surface area contributed by atoms with Crippen molar-refractivity contribution >= 4 is 0 Å². The van der Waals surface area contributed by atoms with E-state index in [0.717, 1.165) is 6.42 Å². The fourth-order valence-electron chi connectivity index (χ4n) is 2.13. The van der Waals surface area contributed by atoms with E-state index in [9.17, 15) is 0 Å². The van der Waals surface area contributed by atoms with Crippen LogP contribution < -0.4 is 5.73 Å². The molecule has 0 aromatic heterocycles. The van der Waals surface area contributed by atoms with Gasteiger partial charge in [-0.25, -0.2) is 0 Å². The zero-order chi connectivity index (χ0) is 12.7. The maximum atomic E-state index is 6.23. The summed E-state index contributed by atoms with van der Waals surface area (Å²) in [6.07, 6.45) is 7.73. The Morgan fingerprint density at radius 1 is 1.00 bits per heavy atom. The first-order chi connectivity index (χ1) is 8.15. The molecule has 0 bridgehead atoms. The third kappa shape index (κ3) is 4.91. The van der Waals surface area contributed by atoms with E-state index in [1.54, 1.807) is 0 Å². The van der Waals surface area contributed by atoms with Crippen LogP contribution in [0, 0.1) is 13.8 Å². The largest absolute Gasteiger partial charge is 0.324 e. The Kier molecular flexibility index (Phi) is 6.28. The molecule has 1 atom stereocenters. The quantitative estimate of drug-likeness (QED) is 0.681. The predicted molar refractivity (Wildman–Crippen MR) is 76.2 cm³/mol. The maximum absolute atomic E-state index is 6.23. The van der Waals surface area contributed by atoms with Crippen molar-refractivity contribution in [2.24, 2.45) is 5.73 Å². The topological polar surface area (TPSA) is 26.0 Å². The molecular weight excluding hydrogens is 206 g/mol. The van der Waals surface area contributed by atoms with Gasteiger partial charge in [0, 0.05) is 6.04 Å². The monoisotopic (exact) mass is 233 g/mol. The smallest absolute Gasteiger partial charge is 0.0294 e. The highest BCUT2D eigenvalue weighted by molar-refractivity contribution is 5.31. The first-order valence-corrected chi connectivity index (χ1v) is 6.98. The highest BCUT2D eigenvalue weighted by Crippen LogP contribution is 2.20. The van der Waals surface area contributed by atoms with Gasteiger partial charge in [-0.2, -0.15) is 0 Å². The van der Waals surface area contributed by atoms with Crippen LogP contribution in [-0.2, 0) is 0 Å². The fraction of sp³-hybridized carbons (Fsp3) is 0.625. The second-order valence-electron chi connectivity index (χ2n) is 5.15. The molecule has 0 saturated carbocycles. The van der Waals surface area contributed by atoms with Gasteiger partial charge in [0.25, 0.3) is 0 Å². The van der Waals surface area contributed by atoms with Crippen LogP contribution in [0.1, 0.15) is 68.2 Å². The average molecular weight is 233 g/mol. The lowest BCUT2D eigenvalue weighted by molar-refractivity contribution is 0.555. The molecule has 1 aromatic carbocycles. The predicted octanol–water partition coefficient (Wildman–Crippen LogP) is 4.66. The minimum absolute atomic E-state index is 0.218. The number of aryl methyl sites for hydroxylation is 2. The summed E-state index contributed by atoms with van der Waals surface area (Å²) in [5.41, 5.74) is 10.2. The standard InChI is InChI=1S/C16H27N/c1-4-5-6-7-8-9-16(17)15-11-10-13(2)14(3)12-15/h10-12,16H,4-9,17H2,1-3H3. The second-order valence-corrected chi connectivity index (χ2v) is 5.15. The Morgan fingerprint density at radius 2 is 1.71 bits per heavy atom. The number of unbranched alkanes of at least 4 members (excludes halogenated alkanes) is 4. The van der Waals surface area contributed by atoms with Crippen molar-refractivity contribution < 1.29 is 0 Å². The van der Waals surface area contributed by atoms with E-state index < -0.39 is 0 Å². The molecule has 0 aliphatic carbocycles. The van der Waals surface area contributed by atoms with Gasteiger partial charge in [-0.15, -0.1) is 0 Å². The second kappa shape index (κ2) is 7.50. The molecule has 0 fully saturated rings. The minimum atomic E-state index is 0.218. The van der Waals surface area contributed by atoms with Gasteiger partial charge in [0.15, 0.2) is 0 Å². The van der Waals surface area contributed by atoms with Crippen LogP contribution >= 0.6 is 0 Å². The van der Waals surface area contributed by atoms with Crippen molar-refractivity contribution in [3.8, 4) is 0 Å². The SMILES string of the molecule is CCCCCCCC(N)c1ccc(C)c(C)c1. The van der Waals surface area contributed by atoms with Crippen LogP contribution in [0.15, 0.2) is 18.2 Å². The third-order valence-electron chi connectivity index (χ3n) is 3.58. The van der Waals surface area contributed by atoms with Gasteiger partial charge in [0.05, 0.1) is 0 Å². The molecule has 1 aromatic rings. The van der Waals surface area contributed by atoms with Gasteiger partial charge in [-0.05, 0) is 37.0 Å². The van der Waals surface area contributed by atoms with Gasteiger partial charge in [-0.3, -0.25) is 0 Å². The molecule has 1 nitrogen and oxygen atoms in total. The van der Waals surface area contributed by atoms with E-state index in [0.29, 0.717) is 0 Å². The third-order valence-corrected chi connectivity index (χ3v) is 3.58. The average Bonchev–Trinajstić information content (AvgIpc) is 2.32. The van der Waals surface area contributed by atoms with Crippen molar-refractivity contribution in [3.05, 3.63) is 34.9 Å². The van der Waals surface area contributed by atoms with Gasteiger partial charge in [0.1, 0.15) is 0 Å². The van der Waals surface area contributed by atoms with E-state index in [1.165, 1.54) is 48.8 Å². The Labute approximate surface area is 106 Å². The number of hydrogen-bond acceptors (Lipinski definition) is 1. The van der Waals surface area contributed by atoms with E-state index in [2.05, 4.69) is 39.0 Å². The van der Waals surface area contributed by atoms with Crippen LogP contribution in [0.2, 0.25) is 0 Å². The lowest BCUT2D eigenvalue weighted by Crippen LogP contribution is -2.10. The molecule has 0 aliphatic heterocycles. The molecule has 0 saturated heterocycles. The molecule has 0 aliphatic rings. The van der Waals surface area contributed by atoms with Crippen molar-refractivity contribution in [2.75, 3.05) is 0 Å². The normalized spacial score (nSPS) is 12.7. The Morgan fingerprint density at radius 3 is 2.35 bits per heavy atom. The van der Waals surface area contributed by atoms with Crippen LogP contribution in [-0.4, -0.2) is 0 Å². The summed E-state index contributed by atoms with van der Waals surface area (Å²) < 4.78 is 0. The lowest BCUT2D eigenvalue weighted by Gasteiger charge is -2.13. The van der Waals surface area contributed by atoms with Gasteiger partial charge in [0.2, 0.25) is 0 Å². The Balaban J connectivity index is 2.36. The number of nitrogens with two attached hydrogens (primary N) is 1. The Hall–Kier alpha value is -0.820. The molecule has 96 valence electrons. The van der Waals surface area contributed by atoms with E-state index in [-0.39, 0.29) is 6.04 Å². The van der Waals surface area contributed by atoms with Gasteiger partial charge < -0.3 is 5.73 Å². The van der Waals surface area contributed by atoms with Crippen molar-refractivity contribution in [1.82, 2.24) is 0 Å². The summed E-state index contributed by atoms with van der Waals surface area (Å²) in [5.74, 6) is 0. The van der Waals surface area contributed by atoms with Crippen molar-refractivity contribution in [3.63, 3.8) is 0 Å². The zero-order valence-electron chi connectivity index (χ0n) is 11.6. The number of benzene rings is 1. The summed E-state index contributed by atoms with van der Waals surface area (Å²) >= 11 is 0. The van der Waals surface area contributed by atoms with E-state index >= 15 is 0 Å². The molecule has 2 N–H and O–H groups in total. The number of rotatable bonds is 7. The lowest BCUT2D eigenvalue weighted by atomic mass is 9.97. The number of hydrogen-bond donors (Lipinski definition) is 1. The molecule has 0 radical (unpaired) electrons. The molecule has 17 heavy (non-hydrogen) atoms. The van der Waals surface area contributed by atoms with Crippen molar-refractivity contribution in [1.29, 1.82) is 0 Å². The van der Waals surface area contributed by atoms with E-state index in [1.807, 2.05) is 0 Å². The first kappa shape index (κ1) is 14.2. The first-order valence-electron chi connectivity index (χ1n) is 6.98. The van der Waals surface area contributed by atoms with Gasteiger partial charge >= 0.3 is 0 Å². The molecule has 0 amide bonds. The van der Waals surface area contributed by atoms with Crippen LogP contribution in [0.4, 0.5) is 0 Å². The van der Waals surface area contributed by atoms with Crippen LogP contribution in [0.3, 0.4) is 0 Å². The summed E-state index contributed by atoms with van der Waals surface area (Å²) in [4.78, 5) is 0. The Bertz CT molecular complexity index is 330. The fourth-order valence-corrected chi connectivity index (χ4v) is 2.13. The van der Waals surface area contributed by atoms with Crippen molar-refractivity contribution in [2.45, 2.75) is 65.3 Å². The summed E-state index contributed by atoms with van der Waals surface area (Å²) in [7, 11) is 0. The molecular formula is C16H27N. The van der Waals surface area contributed by atoms with Gasteiger partial charge in [-0.1, -0.05) is 57.2 Å². The summed E-state index contributed by atoms with van der Waals surface area (Å²) in [5, 5.41) is 0.